The zero-order valence-corrected chi connectivity index (χ0v) is 17.8. The third kappa shape index (κ3) is 3.52. The minimum atomic E-state index is -5.14. The number of rotatable bonds is 4. The maximum Gasteiger partial charge on any atom is 0.425 e. The van der Waals surface area contributed by atoms with E-state index >= 15 is 0 Å². The summed E-state index contributed by atoms with van der Waals surface area (Å²) in [6.07, 6.45) is -3.79. The molecule has 1 atom stereocenters. The van der Waals surface area contributed by atoms with Crippen molar-refractivity contribution in [3.63, 3.8) is 0 Å². The van der Waals surface area contributed by atoms with Crippen LogP contribution in [0.3, 0.4) is 0 Å². The second-order valence-corrected chi connectivity index (χ2v) is 8.03. The van der Waals surface area contributed by atoms with E-state index in [1.54, 1.807) is 0 Å². The number of carbonyl (C=O) groups is 1. The van der Waals surface area contributed by atoms with E-state index < -0.39 is 34.7 Å². The van der Waals surface area contributed by atoms with Gasteiger partial charge in [-0.1, -0.05) is 36.4 Å². The molecule has 0 aliphatic rings. The molecule has 0 saturated heterocycles. The Labute approximate surface area is 195 Å². The number of aromatic nitrogens is 2. The van der Waals surface area contributed by atoms with Gasteiger partial charge in [0.25, 0.3) is 0 Å². The van der Waals surface area contributed by atoms with E-state index in [0.29, 0.717) is 16.6 Å². The molecule has 1 aromatic heterocycles. The topological polar surface area (TPSA) is 75.3 Å². The number of halogens is 4. The number of nitrogens with zero attached hydrogens (tertiary/aromatic N) is 2. The standard InChI is InChI=1S/C26H16F4N2O3/c27-17-6-8-18(9-7-17)32-23-12-5-16(13-15(23)14-31-32)25(35,26(28,29)30)22-11-10-21(24(33)34)19-3-1-2-4-20(19)22/h1-14,35H,(H,33,34). The fourth-order valence-corrected chi connectivity index (χ4v) is 4.32. The summed E-state index contributed by atoms with van der Waals surface area (Å²) in [4.78, 5) is 11.6. The van der Waals surface area contributed by atoms with Gasteiger partial charge >= 0.3 is 12.1 Å². The van der Waals surface area contributed by atoms with Crippen molar-refractivity contribution in [2.75, 3.05) is 0 Å². The highest BCUT2D eigenvalue weighted by atomic mass is 19.4. The lowest BCUT2D eigenvalue weighted by atomic mass is 9.81. The Bertz CT molecular complexity index is 1590. The maximum absolute atomic E-state index is 14.5. The number of hydrogen-bond donors (Lipinski definition) is 2. The molecule has 0 aliphatic heterocycles. The molecule has 1 unspecified atom stereocenters. The SMILES string of the molecule is O=C(O)c1ccc(C(O)(c2ccc3c(cnn3-c3ccc(F)cc3)c2)C(F)(F)F)c2ccccc12. The molecule has 0 saturated carbocycles. The van der Waals surface area contributed by atoms with Crippen molar-refractivity contribution in [3.05, 3.63) is 108 Å². The molecule has 0 bridgehead atoms. The fourth-order valence-electron chi connectivity index (χ4n) is 4.32. The van der Waals surface area contributed by atoms with E-state index in [1.807, 2.05) is 0 Å². The van der Waals surface area contributed by atoms with Crippen LogP contribution in [0.1, 0.15) is 21.5 Å². The fraction of sp³-hybridized carbons (Fsp3) is 0.0769. The Morgan fingerprint density at radius 1 is 0.886 bits per heavy atom. The van der Waals surface area contributed by atoms with E-state index in [4.69, 9.17) is 0 Å². The first-order valence-corrected chi connectivity index (χ1v) is 10.4. The Hall–Kier alpha value is -4.24. The van der Waals surface area contributed by atoms with Crippen LogP contribution in [0, 0.1) is 5.82 Å². The van der Waals surface area contributed by atoms with Gasteiger partial charge in [0.05, 0.1) is 23.0 Å². The van der Waals surface area contributed by atoms with Gasteiger partial charge in [-0.2, -0.15) is 18.3 Å². The maximum atomic E-state index is 14.5. The second-order valence-electron chi connectivity index (χ2n) is 8.03. The van der Waals surface area contributed by atoms with Crippen molar-refractivity contribution in [1.82, 2.24) is 9.78 Å². The first kappa shape index (κ1) is 22.5. The average molecular weight is 480 g/mol. The van der Waals surface area contributed by atoms with Gasteiger partial charge in [-0.25, -0.2) is 13.9 Å². The van der Waals surface area contributed by atoms with Crippen LogP contribution in [-0.2, 0) is 5.60 Å². The highest BCUT2D eigenvalue weighted by Gasteiger charge is 2.57. The summed E-state index contributed by atoms with van der Waals surface area (Å²) < 4.78 is 58.4. The molecule has 0 spiro atoms. The van der Waals surface area contributed by atoms with Crippen LogP contribution in [0.25, 0.3) is 27.4 Å². The van der Waals surface area contributed by atoms with Gasteiger partial charge in [-0.15, -0.1) is 0 Å². The minimum absolute atomic E-state index is 0.0330. The number of benzene rings is 4. The monoisotopic (exact) mass is 480 g/mol. The molecular formula is C26H16F4N2O3. The highest BCUT2D eigenvalue weighted by Crippen LogP contribution is 2.47. The van der Waals surface area contributed by atoms with E-state index in [-0.39, 0.29) is 16.3 Å². The van der Waals surface area contributed by atoms with Crippen LogP contribution >= 0.6 is 0 Å². The number of fused-ring (bicyclic) bond motifs is 2. The van der Waals surface area contributed by atoms with E-state index in [9.17, 15) is 32.6 Å². The van der Waals surface area contributed by atoms with E-state index in [2.05, 4.69) is 5.10 Å². The van der Waals surface area contributed by atoms with Crippen molar-refractivity contribution >= 4 is 27.6 Å². The largest absolute Gasteiger partial charge is 0.478 e. The normalized spacial score (nSPS) is 13.7. The molecule has 5 rings (SSSR count). The Kier molecular flexibility index (Phi) is 5.10. The smallest absolute Gasteiger partial charge is 0.425 e. The van der Waals surface area contributed by atoms with Crippen molar-refractivity contribution in [2.24, 2.45) is 0 Å². The molecule has 176 valence electrons. The number of carboxylic acid groups (broad SMARTS) is 1. The van der Waals surface area contributed by atoms with E-state index in [0.717, 1.165) is 18.2 Å². The van der Waals surface area contributed by atoms with Gasteiger partial charge in [0.2, 0.25) is 5.60 Å². The predicted octanol–water partition coefficient (Wildman–Crippen LogP) is 5.81. The molecule has 0 fully saturated rings. The van der Waals surface area contributed by atoms with Crippen LogP contribution in [-0.4, -0.2) is 32.1 Å². The van der Waals surface area contributed by atoms with Gasteiger partial charge in [0, 0.05) is 10.9 Å². The summed E-state index contributed by atoms with van der Waals surface area (Å²) in [5.41, 5.74) is -3.59. The van der Waals surface area contributed by atoms with Gasteiger partial charge in [0.1, 0.15) is 5.82 Å². The number of hydrogen-bond acceptors (Lipinski definition) is 3. The van der Waals surface area contributed by atoms with E-state index in [1.165, 1.54) is 71.5 Å². The molecule has 5 aromatic rings. The molecule has 35 heavy (non-hydrogen) atoms. The Balaban J connectivity index is 1.73. The molecule has 5 nitrogen and oxygen atoms in total. The summed E-state index contributed by atoms with van der Waals surface area (Å²) in [6.45, 7) is 0. The molecule has 4 aromatic carbocycles. The number of carboxylic acids is 1. The Morgan fingerprint density at radius 2 is 1.57 bits per heavy atom. The Morgan fingerprint density at radius 3 is 2.23 bits per heavy atom. The molecule has 9 heteroatoms. The molecular weight excluding hydrogens is 464 g/mol. The van der Waals surface area contributed by atoms with Crippen LogP contribution in [0.5, 0.6) is 0 Å². The summed E-state index contributed by atoms with van der Waals surface area (Å²) in [6, 6.07) is 17.0. The second kappa shape index (κ2) is 7.92. The van der Waals surface area contributed by atoms with Crippen molar-refractivity contribution < 1.29 is 32.6 Å². The van der Waals surface area contributed by atoms with Gasteiger partial charge in [-0.05, 0) is 58.8 Å². The van der Waals surface area contributed by atoms with Crippen LogP contribution in [0.4, 0.5) is 17.6 Å². The zero-order valence-electron chi connectivity index (χ0n) is 17.8. The predicted molar refractivity (Wildman–Crippen MR) is 121 cm³/mol. The molecule has 0 aliphatic carbocycles. The van der Waals surface area contributed by atoms with Crippen molar-refractivity contribution in [2.45, 2.75) is 11.8 Å². The van der Waals surface area contributed by atoms with Crippen LogP contribution in [0.15, 0.2) is 85.1 Å². The molecule has 1 heterocycles. The van der Waals surface area contributed by atoms with Gasteiger partial charge in [0.15, 0.2) is 0 Å². The first-order chi connectivity index (χ1) is 16.6. The van der Waals surface area contributed by atoms with Crippen LogP contribution in [0.2, 0.25) is 0 Å². The van der Waals surface area contributed by atoms with Crippen molar-refractivity contribution in [3.8, 4) is 5.69 Å². The first-order valence-electron chi connectivity index (χ1n) is 10.4. The summed E-state index contributed by atoms with van der Waals surface area (Å²) in [7, 11) is 0. The summed E-state index contributed by atoms with van der Waals surface area (Å²) >= 11 is 0. The zero-order chi connectivity index (χ0) is 25.0. The minimum Gasteiger partial charge on any atom is -0.478 e. The van der Waals surface area contributed by atoms with Gasteiger partial charge in [-0.3, -0.25) is 0 Å². The number of aromatic carboxylic acids is 1. The van der Waals surface area contributed by atoms with Gasteiger partial charge < -0.3 is 10.2 Å². The lowest BCUT2D eigenvalue weighted by Crippen LogP contribution is -2.43. The summed E-state index contributed by atoms with van der Waals surface area (Å²) in [5, 5.41) is 25.3. The summed E-state index contributed by atoms with van der Waals surface area (Å²) in [5.74, 6) is -1.73. The van der Waals surface area contributed by atoms with Crippen molar-refractivity contribution in [1.29, 1.82) is 0 Å². The average Bonchev–Trinajstić information content (AvgIpc) is 3.26. The molecule has 0 radical (unpaired) electrons. The number of aliphatic hydroxyl groups is 1. The lowest BCUT2D eigenvalue weighted by molar-refractivity contribution is -0.247. The number of alkyl halides is 3. The quantitative estimate of drug-likeness (QED) is 0.318. The third-order valence-corrected chi connectivity index (χ3v) is 6.01. The molecule has 0 amide bonds. The lowest BCUT2D eigenvalue weighted by Gasteiger charge is -2.32. The van der Waals surface area contributed by atoms with Crippen LogP contribution < -0.4 is 0 Å². The highest BCUT2D eigenvalue weighted by molar-refractivity contribution is 6.05. The molecule has 2 N–H and O–H groups in total. The third-order valence-electron chi connectivity index (χ3n) is 6.01.